The first kappa shape index (κ1) is 16.2. The molecule has 0 aliphatic carbocycles. The van der Waals surface area contributed by atoms with E-state index in [0.717, 1.165) is 22.4 Å². The number of aromatic amines is 1. The summed E-state index contributed by atoms with van der Waals surface area (Å²) in [6.45, 7) is 4.18. The van der Waals surface area contributed by atoms with Gasteiger partial charge in [0, 0.05) is 12.3 Å². The largest absolute Gasteiger partial charge is 0.342 e. The topological polar surface area (TPSA) is 57.8 Å². The second-order valence-electron chi connectivity index (χ2n) is 6.16. The van der Waals surface area contributed by atoms with Crippen molar-refractivity contribution in [1.29, 1.82) is 0 Å². The van der Waals surface area contributed by atoms with Crippen LogP contribution < -0.4 is 5.32 Å². The smallest absolute Gasteiger partial charge is 0.224 e. The quantitative estimate of drug-likeness (QED) is 0.730. The SMILES string of the molecule is CC(C)c1nc2ccc(CCC(=O)Nc3ccccc3F)cc2[nH]1. The first-order chi connectivity index (χ1) is 11.5. The fraction of sp³-hybridized carbons (Fsp3) is 0.263. The first-order valence-corrected chi connectivity index (χ1v) is 8.06. The van der Waals surface area contributed by atoms with Crippen LogP contribution in [0.25, 0.3) is 11.0 Å². The van der Waals surface area contributed by atoms with Crippen LogP contribution in [0.4, 0.5) is 10.1 Å². The molecule has 0 fully saturated rings. The molecule has 0 unspecified atom stereocenters. The van der Waals surface area contributed by atoms with Gasteiger partial charge in [-0.3, -0.25) is 4.79 Å². The number of H-pyrrole nitrogens is 1. The molecule has 0 saturated carbocycles. The van der Waals surface area contributed by atoms with Gasteiger partial charge in [0.25, 0.3) is 0 Å². The number of para-hydroxylation sites is 1. The van der Waals surface area contributed by atoms with E-state index in [2.05, 4.69) is 29.1 Å². The Morgan fingerprint density at radius 3 is 2.79 bits per heavy atom. The van der Waals surface area contributed by atoms with Crippen LogP contribution >= 0.6 is 0 Å². The van der Waals surface area contributed by atoms with Crippen molar-refractivity contribution in [3.63, 3.8) is 0 Å². The normalized spacial score (nSPS) is 11.2. The lowest BCUT2D eigenvalue weighted by atomic mass is 10.1. The predicted molar refractivity (Wildman–Crippen MR) is 93.5 cm³/mol. The number of aryl methyl sites for hydroxylation is 1. The van der Waals surface area contributed by atoms with Gasteiger partial charge >= 0.3 is 0 Å². The van der Waals surface area contributed by atoms with Gasteiger partial charge in [0.2, 0.25) is 5.91 Å². The van der Waals surface area contributed by atoms with E-state index >= 15 is 0 Å². The van der Waals surface area contributed by atoms with Gasteiger partial charge in [0.1, 0.15) is 11.6 Å². The van der Waals surface area contributed by atoms with Gasteiger partial charge in [-0.2, -0.15) is 0 Å². The highest BCUT2D eigenvalue weighted by atomic mass is 19.1. The van der Waals surface area contributed by atoms with Crippen molar-refractivity contribution in [2.45, 2.75) is 32.6 Å². The Bertz CT molecular complexity index is 870. The number of anilines is 1. The molecule has 3 aromatic rings. The summed E-state index contributed by atoms with van der Waals surface area (Å²) < 4.78 is 13.5. The van der Waals surface area contributed by atoms with Crippen LogP contribution in [0.2, 0.25) is 0 Å². The summed E-state index contributed by atoms with van der Waals surface area (Å²) in [6, 6.07) is 12.1. The highest BCUT2D eigenvalue weighted by Gasteiger charge is 2.09. The molecule has 1 aromatic heterocycles. The predicted octanol–water partition coefficient (Wildman–Crippen LogP) is 4.40. The zero-order valence-corrected chi connectivity index (χ0v) is 13.8. The minimum Gasteiger partial charge on any atom is -0.342 e. The molecule has 0 aliphatic rings. The number of halogens is 1. The maximum absolute atomic E-state index is 13.5. The van der Waals surface area contributed by atoms with Gasteiger partial charge in [0.15, 0.2) is 0 Å². The minimum atomic E-state index is -0.425. The van der Waals surface area contributed by atoms with Gasteiger partial charge in [-0.1, -0.05) is 32.0 Å². The molecule has 0 bridgehead atoms. The monoisotopic (exact) mass is 325 g/mol. The molecule has 4 nitrogen and oxygen atoms in total. The molecule has 0 radical (unpaired) electrons. The number of amides is 1. The molecule has 1 amide bonds. The molecule has 5 heteroatoms. The number of hydrogen-bond acceptors (Lipinski definition) is 2. The molecular weight excluding hydrogens is 305 g/mol. The standard InChI is InChI=1S/C19H20FN3O/c1-12(2)19-22-16-9-7-13(11-17(16)23-19)8-10-18(24)21-15-6-4-3-5-14(15)20/h3-7,9,11-12H,8,10H2,1-2H3,(H,21,24)(H,22,23). The number of hydrogen-bond donors (Lipinski definition) is 2. The van der Waals surface area contributed by atoms with Crippen LogP contribution in [-0.2, 0) is 11.2 Å². The maximum Gasteiger partial charge on any atom is 0.224 e. The fourth-order valence-corrected chi connectivity index (χ4v) is 2.54. The second-order valence-corrected chi connectivity index (χ2v) is 6.16. The Balaban J connectivity index is 1.64. The third kappa shape index (κ3) is 3.62. The van der Waals surface area contributed by atoms with Crippen molar-refractivity contribution >= 4 is 22.6 Å². The Morgan fingerprint density at radius 2 is 2.04 bits per heavy atom. The molecular formula is C19H20FN3O. The third-order valence-electron chi connectivity index (χ3n) is 3.90. The average Bonchev–Trinajstić information content (AvgIpc) is 2.99. The molecule has 0 aliphatic heterocycles. The molecule has 2 aromatic carbocycles. The molecule has 24 heavy (non-hydrogen) atoms. The molecule has 124 valence electrons. The third-order valence-corrected chi connectivity index (χ3v) is 3.90. The van der Waals surface area contributed by atoms with Crippen molar-refractivity contribution in [2.75, 3.05) is 5.32 Å². The lowest BCUT2D eigenvalue weighted by Crippen LogP contribution is -2.13. The number of carbonyl (C=O) groups is 1. The van der Waals surface area contributed by atoms with E-state index in [1.165, 1.54) is 6.07 Å². The number of carbonyl (C=O) groups excluding carboxylic acids is 1. The molecule has 0 atom stereocenters. The number of benzene rings is 2. The lowest BCUT2D eigenvalue weighted by molar-refractivity contribution is -0.116. The average molecular weight is 325 g/mol. The molecule has 2 N–H and O–H groups in total. The second kappa shape index (κ2) is 6.83. The number of aromatic nitrogens is 2. The highest BCUT2D eigenvalue weighted by molar-refractivity contribution is 5.91. The van der Waals surface area contributed by atoms with Crippen LogP contribution in [0.1, 0.15) is 37.6 Å². The van der Waals surface area contributed by atoms with Gasteiger partial charge < -0.3 is 10.3 Å². The summed E-state index contributed by atoms with van der Waals surface area (Å²) in [5.74, 6) is 0.672. The molecule has 3 rings (SSSR count). The van der Waals surface area contributed by atoms with Gasteiger partial charge in [0.05, 0.1) is 16.7 Å². The number of imidazole rings is 1. The summed E-state index contributed by atoms with van der Waals surface area (Å²) in [7, 11) is 0. The Labute approximate surface area is 140 Å². The van der Waals surface area contributed by atoms with Crippen molar-refractivity contribution in [3.05, 3.63) is 59.7 Å². The van der Waals surface area contributed by atoms with Crippen molar-refractivity contribution in [2.24, 2.45) is 0 Å². The fourth-order valence-electron chi connectivity index (χ4n) is 2.54. The maximum atomic E-state index is 13.5. The Kier molecular flexibility index (Phi) is 4.60. The van der Waals surface area contributed by atoms with Crippen molar-refractivity contribution in [1.82, 2.24) is 9.97 Å². The summed E-state index contributed by atoms with van der Waals surface area (Å²) in [6.07, 6.45) is 0.886. The van der Waals surface area contributed by atoms with E-state index in [9.17, 15) is 9.18 Å². The van der Waals surface area contributed by atoms with E-state index in [4.69, 9.17) is 0 Å². The lowest BCUT2D eigenvalue weighted by Gasteiger charge is -2.06. The number of fused-ring (bicyclic) bond motifs is 1. The summed E-state index contributed by atoms with van der Waals surface area (Å²) in [5, 5.41) is 2.60. The van der Waals surface area contributed by atoms with Crippen LogP contribution in [0.3, 0.4) is 0 Å². The van der Waals surface area contributed by atoms with Gasteiger partial charge in [-0.15, -0.1) is 0 Å². The van der Waals surface area contributed by atoms with Gasteiger partial charge in [-0.05, 0) is 36.2 Å². The van der Waals surface area contributed by atoms with E-state index < -0.39 is 5.82 Å². The Hall–Kier alpha value is -2.69. The zero-order chi connectivity index (χ0) is 17.1. The minimum absolute atomic E-state index is 0.201. The van der Waals surface area contributed by atoms with Crippen LogP contribution in [-0.4, -0.2) is 15.9 Å². The van der Waals surface area contributed by atoms with Crippen molar-refractivity contribution in [3.8, 4) is 0 Å². The molecule has 0 saturated heterocycles. The summed E-state index contributed by atoms with van der Waals surface area (Å²) >= 11 is 0. The zero-order valence-electron chi connectivity index (χ0n) is 13.8. The number of nitrogens with one attached hydrogen (secondary N) is 2. The van der Waals surface area contributed by atoms with Crippen LogP contribution in [0, 0.1) is 5.82 Å². The van der Waals surface area contributed by atoms with E-state index in [1.807, 2.05) is 18.2 Å². The van der Waals surface area contributed by atoms with Crippen LogP contribution in [0.15, 0.2) is 42.5 Å². The van der Waals surface area contributed by atoms with Gasteiger partial charge in [-0.25, -0.2) is 9.37 Å². The number of nitrogens with zero attached hydrogens (tertiary/aromatic N) is 1. The Morgan fingerprint density at radius 1 is 1.25 bits per heavy atom. The number of rotatable bonds is 5. The summed E-state index contributed by atoms with van der Waals surface area (Å²) in [5.41, 5.74) is 3.17. The highest BCUT2D eigenvalue weighted by Crippen LogP contribution is 2.19. The first-order valence-electron chi connectivity index (χ1n) is 8.06. The molecule has 0 spiro atoms. The van der Waals surface area contributed by atoms with E-state index in [0.29, 0.717) is 18.8 Å². The summed E-state index contributed by atoms with van der Waals surface area (Å²) in [4.78, 5) is 19.8. The van der Waals surface area contributed by atoms with E-state index in [1.54, 1.807) is 18.2 Å². The molecule has 1 heterocycles. The van der Waals surface area contributed by atoms with Crippen molar-refractivity contribution < 1.29 is 9.18 Å². The van der Waals surface area contributed by atoms with E-state index in [-0.39, 0.29) is 11.6 Å². The van der Waals surface area contributed by atoms with Crippen LogP contribution in [0.5, 0.6) is 0 Å².